The van der Waals surface area contributed by atoms with Crippen molar-refractivity contribution in [3.63, 3.8) is 0 Å². The van der Waals surface area contributed by atoms with Gasteiger partial charge in [0.15, 0.2) is 5.69 Å². The maximum atomic E-state index is 12.1. The summed E-state index contributed by atoms with van der Waals surface area (Å²) in [6.45, 7) is 3.92. The molecule has 6 heteroatoms. The van der Waals surface area contributed by atoms with Gasteiger partial charge in [-0.25, -0.2) is 0 Å². The first-order valence-electron chi connectivity index (χ1n) is 6.12. The monoisotopic (exact) mass is 294 g/mol. The van der Waals surface area contributed by atoms with Gasteiger partial charge in [0.1, 0.15) is 11.5 Å². The Labute approximate surface area is 121 Å². The zero-order valence-corrected chi connectivity index (χ0v) is 12.2. The van der Waals surface area contributed by atoms with E-state index in [1.807, 2.05) is 13.8 Å². The second-order valence-electron chi connectivity index (χ2n) is 4.57. The highest BCUT2D eigenvalue weighted by atomic mass is 35.5. The molecule has 1 N–H and O–H groups in total. The fraction of sp³-hybridized carbons (Fsp3) is 0.286. The fourth-order valence-electron chi connectivity index (χ4n) is 1.63. The molecule has 2 rings (SSSR count). The molecule has 0 fully saturated rings. The van der Waals surface area contributed by atoms with E-state index >= 15 is 0 Å². The van der Waals surface area contributed by atoms with Crippen LogP contribution in [0.2, 0.25) is 5.02 Å². The third kappa shape index (κ3) is 3.11. The van der Waals surface area contributed by atoms with Crippen LogP contribution in [0.3, 0.4) is 0 Å². The first-order valence-corrected chi connectivity index (χ1v) is 6.50. The van der Waals surface area contributed by atoms with Crippen molar-refractivity contribution < 1.29 is 14.1 Å². The predicted octanol–water partition coefficient (Wildman–Crippen LogP) is 3.71. The maximum absolute atomic E-state index is 12.1. The Kier molecular flexibility index (Phi) is 4.29. The van der Waals surface area contributed by atoms with Crippen LogP contribution in [-0.2, 0) is 0 Å². The van der Waals surface area contributed by atoms with E-state index in [0.717, 1.165) is 0 Å². The molecule has 1 aromatic heterocycles. The number of ether oxygens (including phenoxy) is 1. The molecule has 1 aromatic carbocycles. The Morgan fingerprint density at radius 2 is 2.15 bits per heavy atom. The average molecular weight is 295 g/mol. The van der Waals surface area contributed by atoms with Gasteiger partial charge in [0.25, 0.3) is 5.91 Å². The number of methoxy groups -OCH3 is 1. The maximum Gasteiger partial charge on any atom is 0.277 e. The Balaban J connectivity index is 2.20. The molecule has 5 nitrogen and oxygen atoms in total. The van der Waals surface area contributed by atoms with Gasteiger partial charge in [-0.3, -0.25) is 4.79 Å². The summed E-state index contributed by atoms with van der Waals surface area (Å²) in [5, 5.41) is 6.95. The molecule has 0 radical (unpaired) electrons. The van der Waals surface area contributed by atoms with Gasteiger partial charge >= 0.3 is 0 Å². The lowest BCUT2D eigenvalue weighted by Crippen LogP contribution is -2.13. The minimum Gasteiger partial charge on any atom is -0.495 e. The van der Waals surface area contributed by atoms with Crippen LogP contribution in [0.1, 0.15) is 36.0 Å². The molecule has 0 unspecified atom stereocenters. The van der Waals surface area contributed by atoms with Crippen molar-refractivity contribution in [2.24, 2.45) is 0 Å². The molecule has 1 amide bonds. The van der Waals surface area contributed by atoms with Crippen molar-refractivity contribution in [3.8, 4) is 5.75 Å². The third-order valence-corrected chi connectivity index (χ3v) is 2.97. The average Bonchev–Trinajstić information content (AvgIpc) is 2.89. The molecule has 0 bridgehead atoms. The van der Waals surface area contributed by atoms with Crippen molar-refractivity contribution in [3.05, 3.63) is 40.7 Å². The third-order valence-electron chi connectivity index (χ3n) is 2.74. The van der Waals surface area contributed by atoms with E-state index in [1.165, 1.54) is 7.11 Å². The highest BCUT2D eigenvalue weighted by Crippen LogP contribution is 2.28. The molecule has 0 aliphatic heterocycles. The van der Waals surface area contributed by atoms with Crippen molar-refractivity contribution in [2.75, 3.05) is 12.4 Å². The summed E-state index contributed by atoms with van der Waals surface area (Å²) >= 11 is 5.91. The molecule has 0 saturated carbocycles. The van der Waals surface area contributed by atoms with Gasteiger partial charge in [-0.15, -0.1) is 0 Å². The topological polar surface area (TPSA) is 64.4 Å². The van der Waals surface area contributed by atoms with Gasteiger partial charge in [0.2, 0.25) is 0 Å². The van der Waals surface area contributed by atoms with Gasteiger partial charge in [-0.05, 0) is 18.2 Å². The van der Waals surface area contributed by atoms with E-state index < -0.39 is 0 Å². The van der Waals surface area contributed by atoms with Crippen LogP contribution in [0.25, 0.3) is 0 Å². The molecule has 1 heterocycles. The van der Waals surface area contributed by atoms with Gasteiger partial charge in [0.05, 0.1) is 12.8 Å². The SMILES string of the molecule is COc1ccc(Cl)cc1NC(=O)c1cc(C(C)C)on1. The number of benzene rings is 1. The number of nitrogens with one attached hydrogen (secondary N) is 1. The summed E-state index contributed by atoms with van der Waals surface area (Å²) < 4.78 is 10.3. The minimum atomic E-state index is -0.374. The molecular formula is C14H15ClN2O3. The number of amides is 1. The smallest absolute Gasteiger partial charge is 0.277 e. The number of rotatable bonds is 4. The first-order chi connectivity index (χ1) is 9.51. The van der Waals surface area contributed by atoms with Gasteiger partial charge < -0.3 is 14.6 Å². The van der Waals surface area contributed by atoms with Crippen LogP contribution < -0.4 is 10.1 Å². The van der Waals surface area contributed by atoms with Crippen molar-refractivity contribution in [2.45, 2.75) is 19.8 Å². The quantitative estimate of drug-likeness (QED) is 0.933. The molecule has 0 saturated heterocycles. The zero-order valence-electron chi connectivity index (χ0n) is 11.4. The predicted molar refractivity (Wildman–Crippen MR) is 76.5 cm³/mol. The molecule has 106 valence electrons. The number of hydrogen-bond acceptors (Lipinski definition) is 4. The molecule has 0 atom stereocenters. The van der Waals surface area contributed by atoms with E-state index in [2.05, 4.69) is 10.5 Å². The summed E-state index contributed by atoms with van der Waals surface area (Å²) in [6, 6.07) is 6.60. The van der Waals surface area contributed by atoms with Gasteiger partial charge in [0, 0.05) is 17.0 Å². The number of nitrogens with zero attached hydrogens (tertiary/aromatic N) is 1. The number of halogens is 1. The van der Waals surface area contributed by atoms with Gasteiger partial charge in [-0.2, -0.15) is 0 Å². The highest BCUT2D eigenvalue weighted by Gasteiger charge is 2.16. The Hall–Kier alpha value is -2.01. The minimum absolute atomic E-state index is 0.171. The summed E-state index contributed by atoms with van der Waals surface area (Å²) in [5.41, 5.74) is 0.704. The van der Waals surface area contributed by atoms with E-state index in [4.69, 9.17) is 20.9 Å². The summed E-state index contributed by atoms with van der Waals surface area (Å²) in [6.07, 6.45) is 0. The summed E-state index contributed by atoms with van der Waals surface area (Å²) in [7, 11) is 1.52. The van der Waals surface area contributed by atoms with E-state index in [-0.39, 0.29) is 17.5 Å². The van der Waals surface area contributed by atoms with E-state index in [1.54, 1.807) is 24.3 Å². The van der Waals surface area contributed by atoms with Crippen LogP contribution in [0.4, 0.5) is 5.69 Å². The number of anilines is 1. The molecular weight excluding hydrogens is 280 g/mol. The van der Waals surface area contributed by atoms with Crippen LogP contribution in [0.15, 0.2) is 28.8 Å². The number of carbonyl (C=O) groups is 1. The largest absolute Gasteiger partial charge is 0.495 e. The summed E-state index contributed by atoms with van der Waals surface area (Å²) in [4.78, 5) is 12.1. The van der Waals surface area contributed by atoms with Crippen LogP contribution in [-0.4, -0.2) is 18.2 Å². The molecule has 0 aliphatic carbocycles. The van der Waals surface area contributed by atoms with Crippen LogP contribution >= 0.6 is 11.6 Å². The number of hydrogen-bond donors (Lipinski definition) is 1. The lowest BCUT2D eigenvalue weighted by atomic mass is 10.1. The van der Waals surface area contributed by atoms with Gasteiger partial charge in [-0.1, -0.05) is 30.6 Å². The lowest BCUT2D eigenvalue weighted by Gasteiger charge is -2.09. The lowest BCUT2D eigenvalue weighted by molar-refractivity contribution is 0.101. The second-order valence-corrected chi connectivity index (χ2v) is 5.00. The standard InChI is InChI=1S/C14H15ClN2O3/c1-8(2)13-7-11(17-20-13)14(18)16-10-6-9(15)4-5-12(10)19-3/h4-8H,1-3H3,(H,16,18). The van der Waals surface area contributed by atoms with Crippen LogP contribution in [0, 0.1) is 0 Å². The van der Waals surface area contributed by atoms with Crippen molar-refractivity contribution in [1.29, 1.82) is 0 Å². The van der Waals surface area contributed by atoms with Crippen LogP contribution in [0.5, 0.6) is 5.75 Å². The molecule has 20 heavy (non-hydrogen) atoms. The Morgan fingerprint density at radius 3 is 2.75 bits per heavy atom. The highest BCUT2D eigenvalue weighted by molar-refractivity contribution is 6.31. The molecule has 0 aliphatic rings. The number of carbonyl (C=O) groups excluding carboxylic acids is 1. The Bertz CT molecular complexity index is 623. The second kappa shape index (κ2) is 5.96. The fourth-order valence-corrected chi connectivity index (χ4v) is 1.80. The number of aromatic nitrogens is 1. The van der Waals surface area contributed by atoms with Crippen molar-refractivity contribution in [1.82, 2.24) is 5.16 Å². The Morgan fingerprint density at radius 1 is 1.40 bits per heavy atom. The zero-order chi connectivity index (χ0) is 14.7. The normalized spacial score (nSPS) is 10.7. The first kappa shape index (κ1) is 14.4. The van der Waals surface area contributed by atoms with E-state index in [9.17, 15) is 4.79 Å². The van der Waals surface area contributed by atoms with E-state index in [0.29, 0.717) is 22.2 Å². The molecule has 0 spiro atoms. The molecule has 2 aromatic rings. The van der Waals surface area contributed by atoms with Crippen molar-refractivity contribution >= 4 is 23.2 Å². The summed E-state index contributed by atoms with van der Waals surface area (Å²) in [5.74, 6) is 0.981.